The summed E-state index contributed by atoms with van der Waals surface area (Å²) >= 11 is 5.94. The average Bonchev–Trinajstić information content (AvgIpc) is 2.62. The second-order valence-electron chi connectivity index (χ2n) is 7.04. The quantitative estimate of drug-likeness (QED) is 0.899. The van der Waals surface area contributed by atoms with Gasteiger partial charge in [0.05, 0.1) is 5.92 Å². The van der Waals surface area contributed by atoms with Gasteiger partial charge in [-0.1, -0.05) is 23.7 Å². The molecule has 1 heterocycles. The van der Waals surface area contributed by atoms with E-state index in [2.05, 4.69) is 12.1 Å². The fraction of sp³-hybridized carbons (Fsp3) is 0.579. The van der Waals surface area contributed by atoms with E-state index in [-0.39, 0.29) is 17.7 Å². The Bertz CT molecular complexity index is 585. The Labute approximate surface area is 147 Å². The first-order valence-electron chi connectivity index (χ1n) is 8.81. The van der Waals surface area contributed by atoms with Gasteiger partial charge in [0, 0.05) is 24.0 Å². The van der Waals surface area contributed by atoms with Gasteiger partial charge in [0.2, 0.25) is 5.91 Å². The zero-order valence-corrected chi connectivity index (χ0v) is 14.5. The van der Waals surface area contributed by atoms with Crippen molar-refractivity contribution in [2.24, 2.45) is 11.8 Å². The van der Waals surface area contributed by atoms with E-state index >= 15 is 0 Å². The molecule has 0 bridgehead atoms. The van der Waals surface area contributed by atoms with Gasteiger partial charge in [0.15, 0.2) is 0 Å². The number of hydrogen-bond donors (Lipinski definition) is 1. The molecular formula is C19H24ClNO3. The fourth-order valence-corrected chi connectivity index (χ4v) is 4.14. The number of benzene rings is 1. The predicted molar refractivity (Wildman–Crippen MR) is 93.1 cm³/mol. The molecule has 1 aliphatic carbocycles. The highest BCUT2D eigenvalue weighted by atomic mass is 35.5. The maximum atomic E-state index is 12.7. The predicted octanol–water partition coefficient (Wildman–Crippen LogP) is 3.94. The van der Waals surface area contributed by atoms with E-state index in [0.29, 0.717) is 31.6 Å². The number of rotatable bonds is 3. The second kappa shape index (κ2) is 7.56. The van der Waals surface area contributed by atoms with Crippen LogP contribution in [0.4, 0.5) is 0 Å². The minimum absolute atomic E-state index is 0.0210. The average molecular weight is 350 g/mol. The molecule has 1 amide bonds. The summed E-state index contributed by atoms with van der Waals surface area (Å²) in [6.45, 7) is 1.59. The molecule has 0 atom stereocenters. The molecule has 1 saturated heterocycles. The summed E-state index contributed by atoms with van der Waals surface area (Å²) in [5.41, 5.74) is 1.30. The van der Waals surface area contributed by atoms with Crippen LogP contribution < -0.4 is 0 Å². The number of carboxylic acid groups (broad SMARTS) is 1. The number of piperidine rings is 1. The van der Waals surface area contributed by atoms with Crippen LogP contribution in [0.1, 0.15) is 50.0 Å². The summed E-state index contributed by atoms with van der Waals surface area (Å²) in [5.74, 6) is -0.232. The zero-order valence-electron chi connectivity index (χ0n) is 13.8. The lowest BCUT2D eigenvalue weighted by Crippen LogP contribution is -2.42. The largest absolute Gasteiger partial charge is 0.481 e. The molecule has 0 spiro atoms. The molecule has 5 heteroatoms. The summed E-state index contributed by atoms with van der Waals surface area (Å²) in [7, 11) is 0. The molecular weight excluding hydrogens is 326 g/mol. The van der Waals surface area contributed by atoms with E-state index in [1.165, 1.54) is 5.56 Å². The van der Waals surface area contributed by atoms with Crippen LogP contribution in [0.15, 0.2) is 24.3 Å². The Morgan fingerprint density at radius 1 is 0.917 bits per heavy atom. The van der Waals surface area contributed by atoms with Gasteiger partial charge in [-0.2, -0.15) is 0 Å². The molecule has 1 aromatic carbocycles. The topological polar surface area (TPSA) is 57.6 Å². The van der Waals surface area contributed by atoms with Gasteiger partial charge in [-0.3, -0.25) is 9.59 Å². The van der Waals surface area contributed by atoms with Crippen molar-refractivity contribution in [3.63, 3.8) is 0 Å². The number of carbonyl (C=O) groups is 2. The van der Waals surface area contributed by atoms with Crippen LogP contribution in [-0.2, 0) is 9.59 Å². The van der Waals surface area contributed by atoms with Crippen LogP contribution in [0.5, 0.6) is 0 Å². The first kappa shape index (κ1) is 17.3. The lowest BCUT2D eigenvalue weighted by atomic mass is 9.81. The number of hydrogen-bond acceptors (Lipinski definition) is 2. The number of carboxylic acids is 1. The van der Waals surface area contributed by atoms with Crippen molar-refractivity contribution in [2.75, 3.05) is 13.1 Å². The van der Waals surface area contributed by atoms with Gasteiger partial charge in [0.1, 0.15) is 0 Å². The van der Waals surface area contributed by atoms with Gasteiger partial charge >= 0.3 is 5.97 Å². The maximum absolute atomic E-state index is 12.7. The van der Waals surface area contributed by atoms with Crippen LogP contribution >= 0.6 is 11.6 Å². The van der Waals surface area contributed by atoms with Crippen LogP contribution in [0, 0.1) is 11.8 Å². The summed E-state index contributed by atoms with van der Waals surface area (Å²) in [5, 5.41) is 9.82. The highest BCUT2D eigenvalue weighted by Crippen LogP contribution is 2.33. The lowest BCUT2D eigenvalue weighted by Gasteiger charge is -2.36. The third-order valence-electron chi connectivity index (χ3n) is 5.57. The molecule has 0 unspecified atom stereocenters. The third kappa shape index (κ3) is 3.92. The Kier molecular flexibility index (Phi) is 5.44. The van der Waals surface area contributed by atoms with E-state index in [1.807, 2.05) is 17.0 Å². The number of aliphatic carboxylic acids is 1. The smallest absolute Gasteiger partial charge is 0.306 e. The number of likely N-dealkylation sites (tertiary alicyclic amines) is 1. The molecule has 1 N–H and O–H groups in total. The van der Waals surface area contributed by atoms with Crippen LogP contribution in [0.25, 0.3) is 0 Å². The molecule has 0 aromatic heterocycles. The first-order chi connectivity index (χ1) is 11.5. The molecule has 3 rings (SSSR count). The van der Waals surface area contributed by atoms with Gasteiger partial charge in [-0.15, -0.1) is 0 Å². The van der Waals surface area contributed by atoms with Crippen molar-refractivity contribution >= 4 is 23.5 Å². The summed E-state index contributed by atoms with van der Waals surface area (Å²) in [4.78, 5) is 25.7. The number of amides is 1. The first-order valence-corrected chi connectivity index (χ1v) is 9.19. The third-order valence-corrected chi connectivity index (χ3v) is 5.83. The van der Waals surface area contributed by atoms with E-state index in [4.69, 9.17) is 16.7 Å². The Morgan fingerprint density at radius 3 is 2.00 bits per heavy atom. The molecule has 2 aliphatic rings. The van der Waals surface area contributed by atoms with E-state index in [0.717, 1.165) is 31.0 Å². The summed E-state index contributed by atoms with van der Waals surface area (Å²) < 4.78 is 0. The molecule has 0 radical (unpaired) electrons. The Balaban J connectivity index is 1.50. The van der Waals surface area contributed by atoms with Gasteiger partial charge in [-0.25, -0.2) is 0 Å². The highest BCUT2D eigenvalue weighted by molar-refractivity contribution is 6.30. The lowest BCUT2D eigenvalue weighted by molar-refractivity contribution is -0.146. The minimum atomic E-state index is -0.718. The van der Waals surface area contributed by atoms with Crippen LogP contribution in [-0.4, -0.2) is 35.0 Å². The number of halogens is 1. The fourth-order valence-electron chi connectivity index (χ4n) is 4.01. The van der Waals surface area contributed by atoms with Crippen molar-refractivity contribution in [3.8, 4) is 0 Å². The minimum Gasteiger partial charge on any atom is -0.481 e. The number of nitrogens with zero attached hydrogens (tertiary/aromatic N) is 1. The standard InChI is InChI=1S/C19H24ClNO3/c20-17-7-5-13(6-8-17)14-9-11-21(12-10-14)18(22)15-1-3-16(4-2-15)19(23)24/h5-8,14-16H,1-4,9-12H2,(H,23,24). The van der Waals surface area contributed by atoms with Crippen molar-refractivity contribution in [3.05, 3.63) is 34.9 Å². The Hall–Kier alpha value is -1.55. The maximum Gasteiger partial charge on any atom is 0.306 e. The zero-order chi connectivity index (χ0) is 17.1. The van der Waals surface area contributed by atoms with Gasteiger partial charge in [0.25, 0.3) is 0 Å². The van der Waals surface area contributed by atoms with Crippen LogP contribution in [0.3, 0.4) is 0 Å². The monoisotopic (exact) mass is 349 g/mol. The van der Waals surface area contributed by atoms with Crippen molar-refractivity contribution in [1.29, 1.82) is 0 Å². The Morgan fingerprint density at radius 2 is 1.46 bits per heavy atom. The molecule has 2 fully saturated rings. The van der Waals surface area contributed by atoms with E-state index in [9.17, 15) is 9.59 Å². The molecule has 1 aliphatic heterocycles. The van der Waals surface area contributed by atoms with Crippen molar-refractivity contribution in [1.82, 2.24) is 4.90 Å². The van der Waals surface area contributed by atoms with E-state index < -0.39 is 5.97 Å². The SMILES string of the molecule is O=C(O)C1CCC(C(=O)N2CCC(c3ccc(Cl)cc3)CC2)CC1. The summed E-state index contributed by atoms with van der Waals surface area (Å²) in [6.07, 6.45) is 4.66. The highest BCUT2D eigenvalue weighted by Gasteiger charge is 2.33. The van der Waals surface area contributed by atoms with Gasteiger partial charge in [-0.05, 0) is 62.1 Å². The molecule has 4 nitrogen and oxygen atoms in total. The molecule has 1 saturated carbocycles. The number of carbonyl (C=O) groups excluding carboxylic acids is 1. The molecule has 24 heavy (non-hydrogen) atoms. The molecule has 130 valence electrons. The van der Waals surface area contributed by atoms with Crippen molar-refractivity contribution < 1.29 is 14.7 Å². The summed E-state index contributed by atoms with van der Waals surface area (Å²) in [6, 6.07) is 8.01. The van der Waals surface area contributed by atoms with Crippen molar-refractivity contribution in [2.45, 2.75) is 44.4 Å². The van der Waals surface area contributed by atoms with Gasteiger partial charge < -0.3 is 10.0 Å². The van der Waals surface area contributed by atoms with Crippen LogP contribution in [0.2, 0.25) is 5.02 Å². The molecule has 1 aromatic rings. The second-order valence-corrected chi connectivity index (χ2v) is 7.47. The van der Waals surface area contributed by atoms with E-state index in [1.54, 1.807) is 0 Å². The normalized spacial score (nSPS) is 25.5.